The molecule has 10 heteroatoms. The maximum absolute atomic E-state index is 13.5. The average molecular weight is 478 g/mol. The smallest absolute Gasteiger partial charge is 0.250 e. The highest BCUT2D eigenvalue weighted by atomic mass is 32.2. The predicted octanol–water partition coefficient (Wildman–Crippen LogP) is 3.65. The highest BCUT2D eigenvalue weighted by Gasteiger charge is 2.29. The Morgan fingerprint density at radius 2 is 1.82 bits per heavy atom. The molecule has 2 aromatic carbocycles. The summed E-state index contributed by atoms with van der Waals surface area (Å²) in [5.74, 6) is -1.54. The minimum absolute atomic E-state index is 0.0721. The molecule has 0 atom stereocenters. The van der Waals surface area contributed by atoms with Crippen molar-refractivity contribution in [3.8, 4) is 5.75 Å². The van der Waals surface area contributed by atoms with Gasteiger partial charge in [-0.05, 0) is 61.1 Å². The van der Waals surface area contributed by atoms with Crippen LogP contribution in [0, 0.1) is 11.6 Å². The van der Waals surface area contributed by atoms with E-state index in [1.54, 1.807) is 13.0 Å². The number of aromatic nitrogens is 1. The summed E-state index contributed by atoms with van der Waals surface area (Å²) >= 11 is 0. The molecule has 7 nitrogen and oxygen atoms in total. The standard InChI is InChI=1S/C23H25F2N3O4S/c1-2-33(30,31)28-5-3-15(4-6-28)21-12-27-22-19(21)10-18(11-20(22)23(26)29)32-13-14-7-16(24)9-17(25)8-14/h7-12,15,27H,2-6,13H2,1H3,(H2,26,29). The molecule has 2 heterocycles. The number of benzene rings is 2. The van der Waals surface area contributed by atoms with Crippen LogP contribution in [0.1, 0.15) is 47.2 Å². The Labute approximate surface area is 190 Å². The van der Waals surface area contributed by atoms with E-state index in [1.807, 2.05) is 6.20 Å². The Morgan fingerprint density at radius 3 is 2.42 bits per heavy atom. The molecule has 1 aliphatic heterocycles. The zero-order valence-corrected chi connectivity index (χ0v) is 18.9. The molecule has 1 aromatic heterocycles. The molecule has 176 valence electrons. The number of nitrogens with zero attached hydrogens (tertiary/aromatic N) is 1. The number of ether oxygens (including phenoxy) is 1. The van der Waals surface area contributed by atoms with E-state index in [0.717, 1.165) is 17.0 Å². The predicted molar refractivity (Wildman–Crippen MR) is 121 cm³/mol. The van der Waals surface area contributed by atoms with E-state index in [9.17, 15) is 22.0 Å². The number of hydrogen-bond donors (Lipinski definition) is 2. The van der Waals surface area contributed by atoms with Gasteiger partial charge in [-0.1, -0.05) is 0 Å². The number of H-pyrrole nitrogens is 1. The van der Waals surface area contributed by atoms with Crippen molar-refractivity contribution >= 4 is 26.8 Å². The van der Waals surface area contributed by atoms with Crippen LogP contribution >= 0.6 is 0 Å². The minimum atomic E-state index is -3.23. The molecular weight excluding hydrogens is 452 g/mol. The van der Waals surface area contributed by atoms with Crippen molar-refractivity contribution in [2.45, 2.75) is 32.3 Å². The summed E-state index contributed by atoms with van der Waals surface area (Å²) in [6, 6.07) is 6.40. The number of hydrogen-bond acceptors (Lipinski definition) is 4. The van der Waals surface area contributed by atoms with Gasteiger partial charge in [0, 0.05) is 30.7 Å². The number of sulfonamides is 1. The average Bonchev–Trinajstić information content (AvgIpc) is 3.20. The molecule has 1 aliphatic rings. The first kappa shape index (κ1) is 23.2. The second kappa shape index (κ2) is 9.11. The van der Waals surface area contributed by atoms with Crippen LogP contribution in [0.2, 0.25) is 0 Å². The molecule has 3 aromatic rings. The van der Waals surface area contributed by atoms with E-state index in [-0.39, 0.29) is 23.8 Å². The largest absolute Gasteiger partial charge is 0.489 e. The number of nitrogens with two attached hydrogens (primary N) is 1. The van der Waals surface area contributed by atoms with Crippen LogP contribution in [-0.2, 0) is 16.6 Å². The number of aromatic amines is 1. The van der Waals surface area contributed by atoms with Gasteiger partial charge >= 0.3 is 0 Å². The number of amides is 1. The van der Waals surface area contributed by atoms with Crippen LogP contribution in [0.3, 0.4) is 0 Å². The zero-order valence-electron chi connectivity index (χ0n) is 18.1. The van der Waals surface area contributed by atoms with Gasteiger partial charge in [0.15, 0.2) is 0 Å². The van der Waals surface area contributed by atoms with E-state index in [2.05, 4.69) is 4.98 Å². The Kier molecular flexibility index (Phi) is 6.40. The quantitative estimate of drug-likeness (QED) is 0.542. The van der Waals surface area contributed by atoms with Crippen LogP contribution < -0.4 is 10.5 Å². The lowest BCUT2D eigenvalue weighted by Crippen LogP contribution is -2.38. The third-order valence-electron chi connectivity index (χ3n) is 6.04. The van der Waals surface area contributed by atoms with Crippen LogP contribution in [0.25, 0.3) is 10.9 Å². The molecule has 0 unspecified atom stereocenters. The second-order valence-corrected chi connectivity index (χ2v) is 10.4. The minimum Gasteiger partial charge on any atom is -0.489 e. The molecule has 0 radical (unpaired) electrons. The van der Waals surface area contributed by atoms with Gasteiger partial charge in [0.25, 0.3) is 5.91 Å². The summed E-state index contributed by atoms with van der Waals surface area (Å²) in [6.45, 7) is 2.40. The molecule has 33 heavy (non-hydrogen) atoms. The molecule has 4 rings (SSSR count). The summed E-state index contributed by atoms with van der Waals surface area (Å²) in [5, 5.41) is 0.753. The fourth-order valence-corrected chi connectivity index (χ4v) is 5.46. The van der Waals surface area contributed by atoms with Crippen molar-refractivity contribution < 1.29 is 26.7 Å². The second-order valence-electron chi connectivity index (χ2n) is 8.14. The molecule has 0 spiro atoms. The van der Waals surface area contributed by atoms with Gasteiger partial charge in [0.05, 0.1) is 16.8 Å². The lowest BCUT2D eigenvalue weighted by molar-refractivity contribution is 0.100. The molecule has 0 aliphatic carbocycles. The Bertz CT molecular complexity index is 1280. The van der Waals surface area contributed by atoms with Gasteiger partial charge in [0.1, 0.15) is 24.0 Å². The number of halogens is 2. The van der Waals surface area contributed by atoms with E-state index < -0.39 is 27.6 Å². The van der Waals surface area contributed by atoms with E-state index >= 15 is 0 Å². The summed E-state index contributed by atoms with van der Waals surface area (Å²) in [4.78, 5) is 15.2. The van der Waals surface area contributed by atoms with Crippen molar-refractivity contribution in [1.82, 2.24) is 9.29 Å². The van der Waals surface area contributed by atoms with E-state index in [4.69, 9.17) is 10.5 Å². The maximum Gasteiger partial charge on any atom is 0.250 e. The Morgan fingerprint density at radius 1 is 1.15 bits per heavy atom. The molecule has 3 N–H and O–H groups in total. The first-order valence-electron chi connectivity index (χ1n) is 10.7. The van der Waals surface area contributed by atoms with Gasteiger partial charge in [-0.15, -0.1) is 0 Å². The van der Waals surface area contributed by atoms with Crippen molar-refractivity contribution in [3.63, 3.8) is 0 Å². The zero-order chi connectivity index (χ0) is 23.8. The van der Waals surface area contributed by atoms with Crippen molar-refractivity contribution in [3.05, 3.63) is 64.9 Å². The fraction of sp³-hybridized carbons (Fsp3) is 0.348. The lowest BCUT2D eigenvalue weighted by atomic mass is 9.89. The first-order valence-corrected chi connectivity index (χ1v) is 12.3. The third-order valence-corrected chi connectivity index (χ3v) is 7.92. The summed E-state index contributed by atoms with van der Waals surface area (Å²) < 4.78 is 58.5. The molecule has 0 bridgehead atoms. The van der Waals surface area contributed by atoms with Gasteiger partial charge < -0.3 is 15.5 Å². The highest BCUT2D eigenvalue weighted by Crippen LogP contribution is 2.37. The monoisotopic (exact) mass is 477 g/mol. The van der Waals surface area contributed by atoms with Gasteiger partial charge in [-0.3, -0.25) is 4.79 Å². The molecular formula is C23H25F2N3O4S. The normalized spacial score (nSPS) is 15.7. The highest BCUT2D eigenvalue weighted by molar-refractivity contribution is 7.89. The molecule has 0 saturated carbocycles. The van der Waals surface area contributed by atoms with Crippen LogP contribution in [0.4, 0.5) is 8.78 Å². The summed E-state index contributed by atoms with van der Waals surface area (Å²) in [7, 11) is -3.23. The van der Waals surface area contributed by atoms with Gasteiger partial charge in [-0.25, -0.2) is 21.5 Å². The van der Waals surface area contributed by atoms with E-state index in [0.29, 0.717) is 42.8 Å². The fourth-order valence-electron chi connectivity index (χ4n) is 4.33. The Balaban J connectivity index is 1.61. The maximum atomic E-state index is 13.5. The van der Waals surface area contributed by atoms with Crippen molar-refractivity contribution in [2.75, 3.05) is 18.8 Å². The van der Waals surface area contributed by atoms with Crippen LogP contribution in [-0.4, -0.2) is 42.5 Å². The molecule has 1 fully saturated rings. The van der Waals surface area contributed by atoms with E-state index in [1.165, 1.54) is 22.5 Å². The number of fused-ring (bicyclic) bond motifs is 1. The number of carbonyl (C=O) groups is 1. The van der Waals surface area contributed by atoms with Gasteiger partial charge in [0.2, 0.25) is 10.0 Å². The summed E-state index contributed by atoms with van der Waals surface area (Å²) in [6.07, 6.45) is 3.11. The SMILES string of the molecule is CCS(=O)(=O)N1CCC(c2c[nH]c3c(C(N)=O)cc(OCc4cc(F)cc(F)c4)cc23)CC1. The third kappa shape index (κ3) is 4.86. The lowest BCUT2D eigenvalue weighted by Gasteiger charge is -2.31. The van der Waals surface area contributed by atoms with Crippen LogP contribution in [0.15, 0.2) is 36.5 Å². The summed E-state index contributed by atoms with van der Waals surface area (Å²) in [5.41, 5.74) is 7.65. The van der Waals surface area contributed by atoms with Crippen molar-refractivity contribution in [2.24, 2.45) is 5.73 Å². The number of primary amides is 1. The first-order chi connectivity index (χ1) is 15.7. The Hall–Kier alpha value is -2.98. The number of nitrogens with one attached hydrogen (secondary N) is 1. The van der Waals surface area contributed by atoms with Crippen molar-refractivity contribution in [1.29, 1.82) is 0 Å². The topological polar surface area (TPSA) is 105 Å². The van der Waals surface area contributed by atoms with Crippen LogP contribution in [0.5, 0.6) is 5.75 Å². The molecule has 1 saturated heterocycles. The number of piperidine rings is 1. The molecule has 1 amide bonds. The van der Waals surface area contributed by atoms with Gasteiger partial charge in [-0.2, -0.15) is 0 Å². The number of rotatable bonds is 7. The number of carbonyl (C=O) groups excluding carboxylic acids is 1.